The Morgan fingerprint density at radius 2 is 1.90 bits per heavy atom. The topological polar surface area (TPSA) is 83.8 Å². The summed E-state index contributed by atoms with van der Waals surface area (Å²) >= 11 is 0. The molecule has 0 saturated heterocycles. The van der Waals surface area contributed by atoms with Crippen molar-refractivity contribution in [3.8, 4) is 0 Å². The number of hydrogen-bond donors (Lipinski definition) is 2. The molecule has 1 aromatic carbocycles. The predicted molar refractivity (Wildman–Crippen MR) is 76.0 cm³/mol. The summed E-state index contributed by atoms with van der Waals surface area (Å²) in [5, 5.41) is 31.1. The highest BCUT2D eigenvalue weighted by Gasteiger charge is 2.25. The Kier molecular flexibility index (Phi) is 4.90. The van der Waals surface area contributed by atoms with Crippen molar-refractivity contribution >= 4 is 5.78 Å². The van der Waals surface area contributed by atoms with Gasteiger partial charge in [0.1, 0.15) is 0 Å². The van der Waals surface area contributed by atoms with Crippen molar-refractivity contribution in [2.75, 3.05) is 19.7 Å². The van der Waals surface area contributed by atoms with Crippen molar-refractivity contribution in [2.24, 2.45) is 0 Å². The number of allylic oxidation sites excluding steroid dienone is 2. The molecule has 1 aliphatic rings. The molecule has 1 atom stereocenters. The van der Waals surface area contributed by atoms with E-state index in [1.54, 1.807) is 4.90 Å². The quantitative estimate of drug-likeness (QED) is 0.696. The predicted octanol–water partition coefficient (Wildman–Crippen LogP) is -0.405. The largest absolute Gasteiger partial charge is 0.821 e. The number of carbonyl (C=O) groups excluding carboxylic acids is 1. The first-order valence-electron chi connectivity index (χ1n) is 6.81. The fourth-order valence-electron chi connectivity index (χ4n) is 2.27. The van der Waals surface area contributed by atoms with E-state index in [0.717, 1.165) is 23.8 Å². The second kappa shape index (κ2) is 6.67. The highest BCUT2D eigenvalue weighted by atomic mass is 16.5. The Hall–Kier alpha value is -1.95. The van der Waals surface area contributed by atoms with Gasteiger partial charge >= 0.3 is 0 Å². The van der Waals surface area contributed by atoms with Gasteiger partial charge in [0.2, 0.25) is 0 Å². The van der Waals surface area contributed by atoms with Gasteiger partial charge in [-0.05, 0) is 18.1 Å². The van der Waals surface area contributed by atoms with E-state index in [4.69, 9.17) is 5.11 Å². The van der Waals surface area contributed by atoms with E-state index in [2.05, 4.69) is 0 Å². The lowest BCUT2D eigenvalue weighted by Crippen LogP contribution is -2.51. The summed E-state index contributed by atoms with van der Waals surface area (Å²) in [5.41, 5.74) is 1.06. The standard InChI is InChI=1S/C16H18NO4/c18-11-10-17(9-7-13-4-2-1-3-5-13)15-12-14(19)6-8-16(15,20)21/h1-6,8,12,18,20H,7,9-11H2/q-1. The molecule has 0 bridgehead atoms. The number of benzene rings is 1. The van der Waals surface area contributed by atoms with Gasteiger partial charge in [-0.1, -0.05) is 36.4 Å². The van der Waals surface area contributed by atoms with Gasteiger partial charge < -0.3 is 20.2 Å². The van der Waals surface area contributed by atoms with Crippen LogP contribution >= 0.6 is 0 Å². The first-order chi connectivity index (χ1) is 10.0. The molecule has 2 N–H and O–H groups in total. The van der Waals surface area contributed by atoms with Gasteiger partial charge in [0.15, 0.2) is 5.78 Å². The van der Waals surface area contributed by atoms with Crippen LogP contribution in [0.15, 0.2) is 54.3 Å². The summed E-state index contributed by atoms with van der Waals surface area (Å²) in [5.74, 6) is -2.77. The van der Waals surface area contributed by atoms with E-state index in [1.165, 1.54) is 0 Å². The Balaban J connectivity index is 2.13. The molecule has 0 heterocycles. The molecule has 1 aromatic rings. The molecule has 1 aliphatic carbocycles. The maximum atomic E-state index is 12.1. The highest BCUT2D eigenvalue weighted by molar-refractivity contribution is 6.01. The number of hydrogen-bond acceptors (Lipinski definition) is 5. The van der Waals surface area contributed by atoms with Crippen LogP contribution in [0, 0.1) is 0 Å². The molecule has 5 nitrogen and oxygen atoms in total. The van der Waals surface area contributed by atoms with Crippen LogP contribution in [0.25, 0.3) is 0 Å². The molecule has 112 valence electrons. The third-order valence-electron chi connectivity index (χ3n) is 3.34. The van der Waals surface area contributed by atoms with E-state index in [0.29, 0.717) is 13.0 Å². The van der Waals surface area contributed by atoms with Crippen molar-refractivity contribution in [3.63, 3.8) is 0 Å². The number of ketones is 1. The lowest BCUT2D eigenvalue weighted by atomic mass is 10.0. The van der Waals surface area contributed by atoms with E-state index in [1.807, 2.05) is 30.3 Å². The van der Waals surface area contributed by atoms with Crippen molar-refractivity contribution in [1.29, 1.82) is 0 Å². The monoisotopic (exact) mass is 288 g/mol. The first-order valence-corrected chi connectivity index (χ1v) is 6.81. The third-order valence-corrected chi connectivity index (χ3v) is 3.34. The zero-order valence-electron chi connectivity index (χ0n) is 11.6. The van der Waals surface area contributed by atoms with Crippen LogP contribution in [-0.2, 0) is 11.2 Å². The molecule has 0 fully saturated rings. The maximum absolute atomic E-state index is 12.1. The van der Waals surface area contributed by atoms with Crippen LogP contribution in [0.2, 0.25) is 0 Å². The Morgan fingerprint density at radius 3 is 2.57 bits per heavy atom. The Morgan fingerprint density at radius 1 is 1.19 bits per heavy atom. The van der Waals surface area contributed by atoms with E-state index >= 15 is 0 Å². The molecule has 0 radical (unpaired) electrons. The van der Waals surface area contributed by atoms with Crippen LogP contribution in [-0.4, -0.2) is 46.4 Å². The minimum absolute atomic E-state index is 0.0139. The molecular weight excluding hydrogens is 270 g/mol. The zero-order valence-corrected chi connectivity index (χ0v) is 11.6. The minimum Gasteiger partial charge on any atom is -0.821 e. The van der Waals surface area contributed by atoms with E-state index < -0.39 is 5.79 Å². The summed E-state index contributed by atoms with van der Waals surface area (Å²) in [4.78, 5) is 13.0. The fourth-order valence-corrected chi connectivity index (χ4v) is 2.27. The molecule has 21 heavy (non-hydrogen) atoms. The average Bonchev–Trinajstić information content (AvgIpc) is 2.47. The van der Waals surface area contributed by atoms with Crippen LogP contribution < -0.4 is 5.11 Å². The van der Waals surface area contributed by atoms with Gasteiger partial charge in [0.25, 0.3) is 0 Å². The first kappa shape index (κ1) is 15.4. The molecule has 0 saturated carbocycles. The van der Waals surface area contributed by atoms with Gasteiger partial charge in [-0.2, -0.15) is 0 Å². The number of nitrogens with zero attached hydrogens (tertiary/aromatic N) is 1. The second-order valence-corrected chi connectivity index (χ2v) is 4.91. The number of carbonyl (C=O) groups is 1. The van der Waals surface area contributed by atoms with Crippen molar-refractivity contribution in [2.45, 2.75) is 12.2 Å². The van der Waals surface area contributed by atoms with Gasteiger partial charge in [0.05, 0.1) is 12.4 Å². The average molecular weight is 288 g/mol. The molecule has 5 heteroatoms. The molecule has 0 aromatic heterocycles. The van der Waals surface area contributed by atoms with E-state index in [-0.39, 0.29) is 24.6 Å². The summed E-state index contributed by atoms with van der Waals surface area (Å²) in [6.07, 6.45) is 3.78. The summed E-state index contributed by atoms with van der Waals surface area (Å²) in [6.45, 7) is 0.451. The van der Waals surface area contributed by atoms with Crippen LogP contribution in [0.4, 0.5) is 0 Å². The van der Waals surface area contributed by atoms with Crippen molar-refractivity contribution in [1.82, 2.24) is 4.90 Å². The fraction of sp³-hybridized carbons (Fsp3) is 0.312. The third kappa shape index (κ3) is 4.01. The SMILES string of the molecule is O=C1C=CC([O-])(O)C(N(CCO)CCc2ccccc2)=C1. The Labute approximate surface area is 123 Å². The van der Waals surface area contributed by atoms with Gasteiger partial charge in [0, 0.05) is 24.9 Å². The van der Waals surface area contributed by atoms with E-state index in [9.17, 15) is 15.0 Å². The van der Waals surface area contributed by atoms with Crippen LogP contribution in [0.5, 0.6) is 0 Å². The van der Waals surface area contributed by atoms with Gasteiger partial charge in [-0.15, -0.1) is 0 Å². The molecular formula is C16H18NO4-. The van der Waals surface area contributed by atoms with Gasteiger partial charge in [-0.25, -0.2) is 0 Å². The second-order valence-electron chi connectivity index (χ2n) is 4.91. The number of aliphatic hydroxyl groups excluding tert-OH is 1. The summed E-state index contributed by atoms with van der Waals surface area (Å²) in [7, 11) is 0. The Bertz CT molecular complexity index is 549. The molecule has 0 amide bonds. The van der Waals surface area contributed by atoms with Crippen LogP contribution in [0.1, 0.15) is 5.56 Å². The number of aliphatic hydroxyl groups is 2. The lowest BCUT2D eigenvalue weighted by Gasteiger charge is -2.42. The lowest BCUT2D eigenvalue weighted by molar-refractivity contribution is -0.515. The molecule has 0 spiro atoms. The maximum Gasteiger partial charge on any atom is 0.180 e. The smallest absolute Gasteiger partial charge is 0.180 e. The van der Waals surface area contributed by atoms with Crippen LogP contribution in [0.3, 0.4) is 0 Å². The van der Waals surface area contributed by atoms with Crippen molar-refractivity contribution in [3.05, 3.63) is 59.8 Å². The highest BCUT2D eigenvalue weighted by Crippen LogP contribution is 2.21. The molecule has 0 aliphatic heterocycles. The summed E-state index contributed by atoms with van der Waals surface area (Å²) in [6, 6.07) is 9.67. The number of rotatable bonds is 6. The summed E-state index contributed by atoms with van der Waals surface area (Å²) < 4.78 is 0. The molecule has 1 unspecified atom stereocenters. The van der Waals surface area contributed by atoms with Crippen molar-refractivity contribution < 1.29 is 20.1 Å². The normalized spacial score (nSPS) is 21.3. The molecule has 2 rings (SSSR count). The minimum atomic E-state index is -2.43. The zero-order chi connectivity index (χ0) is 15.3. The van der Waals surface area contributed by atoms with Gasteiger partial charge in [-0.3, -0.25) is 4.79 Å².